The summed E-state index contributed by atoms with van der Waals surface area (Å²) in [6.07, 6.45) is 1.18. The Morgan fingerprint density at radius 3 is 2.21 bits per heavy atom. The van der Waals surface area contributed by atoms with Crippen LogP contribution < -0.4 is 16.0 Å². The van der Waals surface area contributed by atoms with E-state index in [9.17, 15) is 23.6 Å². The van der Waals surface area contributed by atoms with Crippen molar-refractivity contribution in [1.29, 1.82) is 0 Å². The van der Waals surface area contributed by atoms with Crippen LogP contribution in [0.5, 0.6) is 0 Å². The van der Waals surface area contributed by atoms with Crippen molar-refractivity contribution in [2.75, 3.05) is 19.6 Å². The van der Waals surface area contributed by atoms with Crippen molar-refractivity contribution in [2.24, 2.45) is 11.8 Å². The SMILES string of the molecule is CC(=O)N[C@@H](CC(C)C)CN1CC(=O)C(NC(=O)[C@H](CC(C)C)NC(=O)c2ccc(F)cc2)C1. The van der Waals surface area contributed by atoms with E-state index in [-0.39, 0.29) is 35.8 Å². The van der Waals surface area contributed by atoms with Crippen molar-refractivity contribution in [3.05, 3.63) is 35.6 Å². The molecule has 0 spiro atoms. The highest BCUT2D eigenvalue weighted by molar-refractivity contribution is 5.99. The highest BCUT2D eigenvalue weighted by Crippen LogP contribution is 2.13. The Labute approximate surface area is 201 Å². The predicted molar refractivity (Wildman–Crippen MR) is 128 cm³/mol. The smallest absolute Gasteiger partial charge is 0.251 e. The Hall–Kier alpha value is -2.81. The van der Waals surface area contributed by atoms with Gasteiger partial charge in [0.2, 0.25) is 11.8 Å². The minimum atomic E-state index is -0.826. The third-order valence-corrected chi connectivity index (χ3v) is 5.60. The molecule has 3 amide bonds. The summed E-state index contributed by atoms with van der Waals surface area (Å²) >= 11 is 0. The van der Waals surface area contributed by atoms with Gasteiger partial charge >= 0.3 is 0 Å². The van der Waals surface area contributed by atoms with Crippen molar-refractivity contribution in [3.63, 3.8) is 0 Å². The Bertz CT molecular complexity index is 872. The maximum Gasteiger partial charge on any atom is 0.251 e. The van der Waals surface area contributed by atoms with Crippen molar-refractivity contribution in [1.82, 2.24) is 20.9 Å². The summed E-state index contributed by atoms with van der Waals surface area (Å²) in [7, 11) is 0. The molecular formula is C25H37FN4O4. The van der Waals surface area contributed by atoms with Gasteiger partial charge in [-0.1, -0.05) is 27.7 Å². The second-order valence-corrected chi connectivity index (χ2v) is 9.91. The maximum absolute atomic E-state index is 13.2. The molecule has 1 heterocycles. The molecule has 9 heteroatoms. The number of hydrogen-bond acceptors (Lipinski definition) is 5. The number of nitrogens with one attached hydrogen (secondary N) is 3. The Balaban J connectivity index is 2.00. The first-order valence-electron chi connectivity index (χ1n) is 11.8. The molecule has 2 rings (SSSR count). The molecule has 1 aromatic rings. The number of carbonyl (C=O) groups is 4. The first-order valence-corrected chi connectivity index (χ1v) is 11.8. The number of amides is 3. The van der Waals surface area contributed by atoms with E-state index in [4.69, 9.17) is 0 Å². The number of likely N-dealkylation sites (tertiary alicyclic amines) is 1. The number of ketones is 1. The molecule has 0 radical (unpaired) electrons. The van der Waals surface area contributed by atoms with Gasteiger partial charge in [-0.15, -0.1) is 0 Å². The topological polar surface area (TPSA) is 108 Å². The standard InChI is InChI=1S/C25H37FN4O4/c1-15(2)10-20(27-17(5)31)12-30-13-22(23(32)14-30)29-25(34)21(11-16(3)4)28-24(33)18-6-8-19(26)9-7-18/h6-9,15-16,20-22H,10-14H2,1-5H3,(H,27,31)(H,28,33)(H,29,34)/t20-,21-,22?/m0/s1. The van der Waals surface area contributed by atoms with E-state index in [1.807, 2.05) is 18.7 Å². The summed E-state index contributed by atoms with van der Waals surface area (Å²) in [5.74, 6) is -1.08. The van der Waals surface area contributed by atoms with E-state index in [1.54, 1.807) is 0 Å². The number of rotatable bonds is 11. The first kappa shape index (κ1) is 27.4. The summed E-state index contributed by atoms with van der Waals surface area (Å²) in [4.78, 5) is 51.7. The lowest BCUT2D eigenvalue weighted by Gasteiger charge is -2.25. The number of carbonyl (C=O) groups excluding carboxylic acids is 4. The number of halogens is 1. The molecular weight excluding hydrogens is 439 g/mol. The van der Waals surface area contributed by atoms with Gasteiger partial charge in [-0.3, -0.25) is 24.1 Å². The lowest BCUT2D eigenvalue weighted by molar-refractivity contribution is -0.127. The highest BCUT2D eigenvalue weighted by Gasteiger charge is 2.35. The van der Waals surface area contributed by atoms with Crippen molar-refractivity contribution >= 4 is 23.5 Å². The molecule has 1 unspecified atom stereocenters. The van der Waals surface area contributed by atoms with E-state index in [2.05, 4.69) is 29.8 Å². The highest BCUT2D eigenvalue weighted by atomic mass is 19.1. The molecule has 3 N–H and O–H groups in total. The van der Waals surface area contributed by atoms with E-state index in [0.717, 1.165) is 6.42 Å². The van der Waals surface area contributed by atoms with Crippen LogP contribution in [0.1, 0.15) is 57.8 Å². The predicted octanol–water partition coefficient (Wildman–Crippen LogP) is 1.89. The molecule has 0 saturated carbocycles. The second kappa shape index (κ2) is 12.6. The zero-order valence-electron chi connectivity index (χ0n) is 20.7. The van der Waals surface area contributed by atoms with Crippen LogP contribution in [0.2, 0.25) is 0 Å². The lowest BCUT2D eigenvalue weighted by atomic mass is 10.0. The van der Waals surface area contributed by atoms with Crippen LogP contribution in [0.4, 0.5) is 4.39 Å². The van der Waals surface area contributed by atoms with Crippen LogP contribution in [-0.2, 0) is 14.4 Å². The largest absolute Gasteiger partial charge is 0.352 e. The van der Waals surface area contributed by atoms with Gasteiger partial charge < -0.3 is 16.0 Å². The van der Waals surface area contributed by atoms with Crippen LogP contribution in [0.15, 0.2) is 24.3 Å². The zero-order chi connectivity index (χ0) is 25.4. The molecule has 34 heavy (non-hydrogen) atoms. The Kier molecular flexibility index (Phi) is 10.2. The van der Waals surface area contributed by atoms with Gasteiger partial charge in [-0.05, 0) is 48.9 Å². The number of nitrogens with zero attached hydrogens (tertiary/aromatic N) is 1. The molecule has 188 valence electrons. The van der Waals surface area contributed by atoms with Crippen molar-refractivity contribution < 1.29 is 23.6 Å². The Morgan fingerprint density at radius 2 is 1.65 bits per heavy atom. The van der Waals surface area contributed by atoms with Gasteiger partial charge in [0.1, 0.15) is 17.9 Å². The fraction of sp³-hybridized carbons (Fsp3) is 0.600. The summed E-state index contributed by atoms with van der Waals surface area (Å²) in [5, 5.41) is 8.44. The molecule has 1 aliphatic heterocycles. The second-order valence-electron chi connectivity index (χ2n) is 9.91. The van der Waals surface area contributed by atoms with E-state index >= 15 is 0 Å². The number of Topliss-reactive ketones (excluding diaryl/α,β-unsaturated/α-hetero) is 1. The van der Waals surface area contributed by atoms with Crippen molar-refractivity contribution in [2.45, 2.75) is 65.6 Å². The molecule has 8 nitrogen and oxygen atoms in total. The van der Waals surface area contributed by atoms with E-state index < -0.39 is 29.7 Å². The minimum Gasteiger partial charge on any atom is -0.352 e. The van der Waals surface area contributed by atoms with Gasteiger partial charge in [0.25, 0.3) is 5.91 Å². The summed E-state index contributed by atoms with van der Waals surface area (Å²) in [5.41, 5.74) is 0.250. The number of hydrogen-bond donors (Lipinski definition) is 3. The van der Waals surface area contributed by atoms with E-state index in [1.165, 1.54) is 31.2 Å². The van der Waals surface area contributed by atoms with Crippen LogP contribution >= 0.6 is 0 Å². The summed E-state index contributed by atoms with van der Waals surface area (Å²) < 4.78 is 13.2. The van der Waals surface area contributed by atoms with Gasteiger partial charge in [-0.25, -0.2) is 4.39 Å². The van der Waals surface area contributed by atoms with Crippen LogP contribution in [0.3, 0.4) is 0 Å². The zero-order valence-corrected chi connectivity index (χ0v) is 20.7. The third-order valence-electron chi connectivity index (χ3n) is 5.60. The fourth-order valence-corrected chi connectivity index (χ4v) is 4.19. The molecule has 0 aromatic heterocycles. The third kappa shape index (κ3) is 8.85. The molecule has 3 atom stereocenters. The van der Waals surface area contributed by atoms with Gasteiger partial charge in [0.15, 0.2) is 5.78 Å². The van der Waals surface area contributed by atoms with E-state index in [0.29, 0.717) is 25.4 Å². The maximum atomic E-state index is 13.2. The Morgan fingerprint density at radius 1 is 1.03 bits per heavy atom. The summed E-state index contributed by atoms with van der Waals surface area (Å²) in [6.45, 7) is 10.5. The molecule has 0 bridgehead atoms. The quantitative estimate of drug-likeness (QED) is 0.452. The summed E-state index contributed by atoms with van der Waals surface area (Å²) in [6, 6.07) is 3.50. The average Bonchev–Trinajstić information content (AvgIpc) is 3.05. The van der Waals surface area contributed by atoms with Gasteiger partial charge in [0.05, 0.1) is 6.54 Å². The first-order chi connectivity index (χ1) is 15.9. The van der Waals surface area contributed by atoms with Crippen LogP contribution in [-0.4, -0.2) is 66.2 Å². The van der Waals surface area contributed by atoms with Gasteiger partial charge in [-0.2, -0.15) is 0 Å². The van der Waals surface area contributed by atoms with Crippen LogP contribution in [0.25, 0.3) is 0 Å². The average molecular weight is 477 g/mol. The molecule has 0 aliphatic carbocycles. The normalized spacial score (nSPS) is 18.1. The molecule has 1 fully saturated rings. The van der Waals surface area contributed by atoms with Crippen LogP contribution in [0, 0.1) is 17.7 Å². The number of benzene rings is 1. The minimum absolute atomic E-state index is 0.0801. The van der Waals surface area contributed by atoms with Crippen molar-refractivity contribution in [3.8, 4) is 0 Å². The molecule has 1 saturated heterocycles. The monoisotopic (exact) mass is 476 g/mol. The molecule has 1 aromatic carbocycles. The van der Waals surface area contributed by atoms with Gasteiger partial charge in [0, 0.05) is 31.6 Å². The lowest BCUT2D eigenvalue weighted by Crippen LogP contribution is -2.52. The molecule has 1 aliphatic rings. The fourth-order valence-electron chi connectivity index (χ4n) is 4.19.